The first-order valence-corrected chi connectivity index (χ1v) is 8.28. The minimum Gasteiger partial charge on any atom is -0.494 e. The molecule has 2 aromatic rings. The fraction of sp³-hybridized carbons (Fsp3) is 0.316. The third kappa shape index (κ3) is 3.45. The van der Waals surface area contributed by atoms with Gasteiger partial charge in [0.15, 0.2) is 0 Å². The van der Waals surface area contributed by atoms with E-state index in [2.05, 4.69) is 12.2 Å². The topological polar surface area (TPSA) is 50.8 Å². The average molecular weight is 326 g/mol. The predicted octanol–water partition coefficient (Wildman–Crippen LogP) is 4.29. The van der Waals surface area contributed by atoms with Crippen LogP contribution in [0.15, 0.2) is 48.5 Å². The third-order valence-electron chi connectivity index (χ3n) is 3.95. The molecule has 1 atom stereocenters. The van der Waals surface area contributed by atoms with E-state index in [-0.39, 0.29) is 12.1 Å². The van der Waals surface area contributed by atoms with E-state index in [9.17, 15) is 4.79 Å². The zero-order chi connectivity index (χ0) is 16.9. The maximum absolute atomic E-state index is 12.7. The maximum atomic E-state index is 12.7. The zero-order valence-corrected chi connectivity index (χ0v) is 14.0. The Bertz CT molecular complexity index is 700. The highest BCUT2D eigenvalue weighted by Gasteiger charge is 2.28. The van der Waals surface area contributed by atoms with Crippen molar-refractivity contribution in [1.29, 1.82) is 0 Å². The molecule has 1 aliphatic heterocycles. The molecular weight excluding hydrogens is 304 g/mol. The van der Waals surface area contributed by atoms with Gasteiger partial charge in [0.2, 0.25) is 0 Å². The molecule has 1 aliphatic rings. The SMILES string of the molecule is CCOc1ccc(NC(=O)N2CC(CC)Oc3ccccc32)cc1. The van der Waals surface area contributed by atoms with Crippen molar-refractivity contribution in [2.75, 3.05) is 23.4 Å². The summed E-state index contributed by atoms with van der Waals surface area (Å²) in [5.41, 5.74) is 1.53. The summed E-state index contributed by atoms with van der Waals surface area (Å²) in [6, 6.07) is 14.8. The standard InChI is InChI=1S/C19H22N2O3/c1-3-15-13-21(17-7-5-6-8-18(17)24-15)19(22)20-14-9-11-16(12-10-14)23-4-2/h5-12,15H,3-4,13H2,1-2H3,(H,20,22). The third-order valence-corrected chi connectivity index (χ3v) is 3.95. The second kappa shape index (κ2) is 7.25. The molecule has 24 heavy (non-hydrogen) atoms. The largest absolute Gasteiger partial charge is 0.494 e. The molecule has 5 heteroatoms. The average Bonchev–Trinajstić information content (AvgIpc) is 2.62. The molecule has 2 aromatic carbocycles. The van der Waals surface area contributed by atoms with Crippen LogP contribution in [0.1, 0.15) is 20.3 Å². The molecule has 1 unspecified atom stereocenters. The van der Waals surface area contributed by atoms with E-state index >= 15 is 0 Å². The van der Waals surface area contributed by atoms with Gasteiger partial charge in [-0.3, -0.25) is 4.90 Å². The van der Waals surface area contributed by atoms with Gasteiger partial charge in [0, 0.05) is 5.69 Å². The summed E-state index contributed by atoms with van der Waals surface area (Å²) in [6.45, 7) is 5.15. The fourth-order valence-electron chi connectivity index (χ4n) is 2.70. The van der Waals surface area contributed by atoms with Crippen molar-refractivity contribution in [3.05, 3.63) is 48.5 Å². The van der Waals surface area contributed by atoms with Gasteiger partial charge in [-0.05, 0) is 49.7 Å². The van der Waals surface area contributed by atoms with Crippen molar-refractivity contribution in [2.24, 2.45) is 0 Å². The van der Waals surface area contributed by atoms with Gasteiger partial charge < -0.3 is 14.8 Å². The molecule has 0 saturated heterocycles. The van der Waals surface area contributed by atoms with E-state index in [1.807, 2.05) is 55.5 Å². The summed E-state index contributed by atoms with van der Waals surface area (Å²) in [4.78, 5) is 14.5. The lowest BCUT2D eigenvalue weighted by atomic mass is 10.1. The van der Waals surface area contributed by atoms with Crippen LogP contribution in [0.25, 0.3) is 0 Å². The van der Waals surface area contributed by atoms with Crippen LogP contribution in [-0.2, 0) is 0 Å². The Morgan fingerprint density at radius 2 is 1.96 bits per heavy atom. The highest BCUT2D eigenvalue weighted by Crippen LogP contribution is 2.34. The highest BCUT2D eigenvalue weighted by atomic mass is 16.5. The Morgan fingerprint density at radius 1 is 1.21 bits per heavy atom. The number of rotatable bonds is 4. The number of ether oxygens (including phenoxy) is 2. The van der Waals surface area contributed by atoms with Crippen LogP contribution >= 0.6 is 0 Å². The number of para-hydroxylation sites is 2. The minimum absolute atomic E-state index is 0.00554. The highest BCUT2D eigenvalue weighted by molar-refractivity contribution is 6.03. The molecule has 0 radical (unpaired) electrons. The van der Waals surface area contributed by atoms with Crippen molar-refractivity contribution < 1.29 is 14.3 Å². The number of carbonyl (C=O) groups excluding carboxylic acids is 1. The van der Waals surface area contributed by atoms with Crippen LogP contribution in [0, 0.1) is 0 Å². The molecule has 0 aromatic heterocycles. The number of anilines is 2. The van der Waals surface area contributed by atoms with E-state index in [0.29, 0.717) is 13.2 Å². The summed E-state index contributed by atoms with van der Waals surface area (Å²) >= 11 is 0. The lowest BCUT2D eigenvalue weighted by Crippen LogP contribution is -2.45. The van der Waals surface area contributed by atoms with Crippen LogP contribution in [0.4, 0.5) is 16.2 Å². The van der Waals surface area contributed by atoms with Crippen molar-refractivity contribution >= 4 is 17.4 Å². The Morgan fingerprint density at radius 3 is 2.67 bits per heavy atom. The fourth-order valence-corrected chi connectivity index (χ4v) is 2.70. The first-order chi connectivity index (χ1) is 11.7. The Labute approximate surface area is 142 Å². The van der Waals surface area contributed by atoms with Gasteiger partial charge in [-0.1, -0.05) is 19.1 Å². The number of nitrogens with one attached hydrogen (secondary N) is 1. The van der Waals surface area contributed by atoms with Gasteiger partial charge in [0.05, 0.1) is 18.8 Å². The van der Waals surface area contributed by atoms with Crippen LogP contribution in [0.2, 0.25) is 0 Å². The molecule has 0 fully saturated rings. The van der Waals surface area contributed by atoms with E-state index in [4.69, 9.17) is 9.47 Å². The summed E-state index contributed by atoms with van der Waals surface area (Å²) < 4.78 is 11.3. The van der Waals surface area contributed by atoms with Crippen molar-refractivity contribution in [3.8, 4) is 11.5 Å². The number of amides is 2. The van der Waals surface area contributed by atoms with E-state index < -0.39 is 0 Å². The van der Waals surface area contributed by atoms with E-state index in [1.54, 1.807) is 4.90 Å². The predicted molar refractivity (Wildman–Crippen MR) is 95.1 cm³/mol. The van der Waals surface area contributed by atoms with Gasteiger partial charge in [0.1, 0.15) is 17.6 Å². The lowest BCUT2D eigenvalue weighted by molar-refractivity contribution is 0.188. The first kappa shape index (κ1) is 16.2. The van der Waals surface area contributed by atoms with Crippen molar-refractivity contribution in [1.82, 2.24) is 0 Å². The molecule has 3 rings (SSSR count). The van der Waals surface area contributed by atoms with Crippen LogP contribution in [0.5, 0.6) is 11.5 Å². The maximum Gasteiger partial charge on any atom is 0.326 e. The van der Waals surface area contributed by atoms with Gasteiger partial charge in [0.25, 0.3) is 0 Å². The summed E-state index contributed by atoms with van der Waals surface area (Å²) in [5, 5.41) is 2.94. The van der Waals surface area contributed by atoms with Gasteiger partial charge >= 0.3 is 6.03 Å². The number of fused-ring (bicyclic) bond motifs is 1. The molecule has 126 valence electrons. The molecular formula is C19H22N2O3. The Hall–Kier alpha value is -2.69. The number of urea groups is 1. The van der Waals surface area contributed by atoms with Crippen molar-refractivity contribution in [3.63, 3.8) is 0 Å². The quantitative estimate of drug-likeness (QED) is 0.911. The second-order valence-electron chi connectivity index (χ2n) is 5.61. The van der Waals surface area contributed by atoms with Crippen molar-refractivity contribution in [2.45, 2.75) is 26.4 Å². The van der Waals surface area contributed by atoms with Gasteiger partial charge in [-0.2, -0.15) is 0 Å². The zero-order valence-electron chi connectivity index (χ0n) is 14.0. The monoisotopic (exact) mass is 326 g/mol. The second-order valence-corrected chi connectivity index (χ2v) is 5.61. The normalized spacial score (nSPS) is 16.1. The number of benzene rings is 2. The minimum atomic E-state index is -0.159. The lowest BCUT2D eigenvalue weighted by Gasteiger charge is -2.34. The van der Waals surface area contributed by atoms with Crippen LogP contribution < -0.4 is 19.7 Å². The molecule has 1 heterocycles. The summed E-state index contributed by atoms with van der Waals surface area (Å²) in [6.07, 6.45) is 0.854. The summed E-state index contributed by atoms with van der Waals surface area (Å²) in [7, 11) is 0. The Kier molecular flexibility index (Phi) is 4.89. The molecule has 2 amide bonds. The number of nitrogens with zero attached hydrogens (tertiary/aromatic N) is 1. The molecule has 0 bridgehead atoms. The Balaban J connectivity index is 1.76. The van der Waals surface area contributed by atoms with E-state index in [0.717, 1.165) is 29.3 Å². The van der Waals surface area contributed by atoms with Gasteiger partial charge in [-0.25, -0.2) is 4.79 Å². The van der Waals surface area contributed by atoms with Crippen LogP contribution in [-0.4, -0.2) is 25.3 Å². The molecule has 0 spiro atoms. The number of carbonyl (C=O) groups is 1. The smallest absolute Gasteiger partial charge is 0.326 e. The van der Waals surface area contributed by atoms with Gasteiger partial charge in [-0.15, -0.1) is 0 Å². The van der Waals surface area contributed by atoms with Crippen LogP contribution in [0.3, 0.4) is 0 Å². The first-order valence-electron chi connectivity index (χ1n) is 8.28. The number of hydrogen-bond donors (Lipinski definition) is 1. The molecule has 0 aliphatic carbocycles. The molecule has 5 nitrogen and oxygen atoms in total. The van der Waals surface area contributed by atoms with E-state index in [1.165, 1.54) is 0 Å². The molecule has 1 N–H and O–H groups in total. The molecule has 0 saturated carbocycles. The summed E-state index contributed by atoms with van der Waals surface area (Å²) in [5.74, 6) is 1.54. The number of hydrogen-bond acceptors (Lipinski definition) is 3.